The Labute approximate surface area is 149 Å². The summed E-state index contributed by atoms with van der Waals surface area (Å²) in [6.45, 7) is 2.06. The first-order valence-corrected chi connectivity index (χ1v) is 7.91. The van der Waals surface area contributed by atoms with Crippen LogP contribution in [0.1, 0.15) is 21.9 Å². The Morgan fingerprint density at radius 2 is 1.77 bits per heavy atom. The highest BCUT2D eigenvalue weighted by atomic mass is 19.1. The minimum absolute atomic E-state index is 0.0783. The molecular formula is C19H16F2N4O. The van der Waals surface area contributed by atoms with E-state index >= 15 is 0 Å². The molecule has 1 amide bonds. The van der Waals surface area contributed by atoms with E-state index in [1.807, 2.05) is 0 Å². The second-order valence-electron chi connectivity index (χ2n) is 5.60. The molecule has 26 heavy (non-hydrogen) atoms. The molecule has 0 saturated heterocycles. The zero-order valence-electron chi connectivity index (χ0n) is 14.0. The molecule has 2 N–H and O–H groups in total. The lowest BCUT2D eigenvalue weighted by atomic mass is 10.2. The van der Waals surface area contributed by atoms with E-state index in [4.69, 9.17) is 0 Å². The summed E-state index contributed by atoms with van der Waals surface area (Å²) >= 11 is 0. The highest BCUT2D eigenvalue weighted by molar-refractivity contribution is 6.03. The fraction of sp³-hybridized carbons (Fsp3) is 0.105. The Morgan fingerprint density at radius 3 is 2.50 bits per heavy atom. The highest BCUT2D eigenvalue weighted by Gasteiger charge is 2.12. The van der Waals surface area contributed by atoms with Gasteiger partial charge in [0.1, 0.15) is 29.0 Å². The normalized spacial score (nSPS) is 10.4. The van der Waals surface area contributed by atoms with Crippen molar-refractivity contribution in [2.24, 2.45) is 0 Å². The minimum Gasteiger partial charge on any atom is -0.366 e. The van der Waals surface area contributed by atoms with Gasteiger partial charge in [-0.05, 0) is 36.8 Å². The highest BCUT2D eigenvalue weighted by Crippen LogP contribution is 2.15. The fourth-order valence-electron chi connectivity index (χ4n) is 2.32. The van der Waals surface area contributed by atoms with Crippen LogP contribution in [0.15, 0.2) is 54.6 Å². The molecule has 7 heteroatoms. The lowest BCUT2D eigenvalue weighted by Gasteiger charge is -2.10. The van der Waals surface area contributed by atoms with Crippen molar-refractivity contribution in [2.45, 2.75) is 13.5 Å². The van der Waals surface area contributed by atoms with Crippen LogP contribution in [-0.2, 0) is 6.54 Å². The second kappa shape index (κ2) is 7.69. The van der Waals surface area contributed by atoms with Gasteiger partial charge in [0.15, 0.2) is 0 Å². The molecule has 3 aromatic rings. The maximum atomic E-state index is 13.7. The molecule has 5 nitrogen and oxygen atoms in total. The molecule has 0 radical (unpaired) electrons. The quantitative estimate of drug-likeness (QED) is 0.729. The molecule has 0 aliphatic heterocycles. The van der Waals surface area contributed by atoms with Crippen molar-refractivity contribution >= 4 is 17.4 Å². The molecule has 1 heterocycles. The third-order valence-electron chi connectivity index (χ3n) is 3.58. The molecule has 0 saturated carbocycles. The van der Waals surface area contributed by atoms with Crippen LogP contribution in [0.5, 0.6) is 0 Å². The van der Waals surface area contributed by atoms with Crippen molar-refractivity contribution in [3.8, 4) is 0 Å². The van der Waals surface area contributed by atoms with Crippen LogP contribution < -0.4 is 10.6 Å². The number of benzene rings is 2. The average Bonchev–Trinajstić information content (AvgIpc) is 2.63. The standard InChI is InChI=1S/C19H16F2N4O/c1-12-23-17(19(26)25-16-5-3-2-4-15(16)21)10-18(24-12)22-11-13-6-8-14(20)9-7-13/h2-10H,11H2,1H3,(H,25,26)(H,22,23,24). The molecule has 1 aromatic heterocycles. The number of halogens is 2. The third kappa shape index (κ3) is 4.38. The number of carbonyl (C=O) groups is 1. The van der Waals surface area contributed by atoms with Gasteiger partial charge in [0.25, 0.3) is 5.91 Å². The predicted octanol–water partition coefficient (Wildman–Crippen LogP) is 3.93. The van der Waals surface area contributed by atoms with Gasteiger partial charge in [-0.3, -0.25) is 4.79 Å². The third-order valence-corrected chi connectivity index (χ3v) is 3.58. The van der Waals surface area contributed by atoms with E-state index in [9.17, 15) is 13.6 Å². The number of aryl methyl sites for hydroxylation is 1. The van der Waals surface area contributed by atoms with Gasteiger partial charge in [0.2, 0.25) is 0 Å². The number of hydrogen-bond donors (Lipinski definition) is 2. The second-order valence-corrected chi connectivity index (χ2v) is 5.60. The molecule has 3 rings (SSSR count). The van der Waals surface area contributed by atoms with Crippen LogP contribution in [0.25, 0.3) is 0 Å². The van der Waals surface area contributed by atoms with Crippen molar-refractivity contribution in [1.29, 1.82) is 0 Å². The number of aromatic nitrogens is 2. The first-order valence-electron chi connectivity index (χ1n) is 7.91. The van der Waals surface area contributed by atoms with Crippen molar-refractivity contribution < 1.29 is 13.6 Å². The lowest BCUT2D eigenvalue weighted by Crippen LogP contribution is -2.16. The molecule has 0 unspecified atom stereocenters. The molecule has 132 valence electrons. The van der Waals surface area contributed by atoms with Crippen LogP contribution in [0.3, 0.4) is 0 Å². The van der Waals surface area contributed by atoms with Crippen LogP contribution >= 0.6 is 0 Å². The number of anilines is 2. The van der Waals surface area contributed by atoms with E-state index in [0.29, 0.717) is 18.2 Å². The molecular weight excluding hydrogens is 338 g/mol. The number of para-hydroxylation sites is 1. The number of nitrogens with one attached hydrogen (secondary N) is 2. The van der Waals surface area contributed by atoms with Gasteiger partial charge in [-0.2, -0.15) is 0 Å². The Balaban J connectivity index is 1.73. The summed E-state index contributed by atoms with van der Waals surface area (Å²) in [6.07, 6.45) is 0. The Hall–Kier alpha value is -3.35. The van der Waals surface area contributed by atoms with Gasteiger partial charge < -0.3 is 10.6 Å². The summed E-state index contributed by atoms with van der Waals surface area (Å²) in [5.74, 6) is -0.529. The van der Waals surface area contributed by atoms with Gasteiger partial charge >= 0.3 is 0 Å². The van der Waals surface area contributed by atoms with E-state index in [0.717, 1.165) is 5.56 Å². The predicted molar refractivity (Wildman–Crippen MR) is 94.8 cm³/mol. The topological polar surface area (TPSA) is 66.9 Å². The smallest absolute Gasteiger partial charge is 0.274 e. The molecule has 0 atom stereocenters. The summed E-state index contributed by atoms with van der Waals surface area (Å²) in [4.78, 5) is 20.7. The summed E-state index contributed by atoms with van der Waals surface area (Å²) in [5.41, 5.74) is 1.05. The molecule has 0 aliphatic rings. The van der Waals surface area contributed by atoms with Crippen LogP contribution in [0.4, 0.5) is 20.3 Å². The van der Waals surface area contributed by atoms with Crippen LogP contribution in [-0.4, -0.2) is 15.9 Å². The molecule has 0 bridgehead atoms. The van der Waals surface area contributed by atoms with Gasteiger partial charge in [0.05, 0.1) is 5.69 Å². The molecule has 0 aliphatic carbocycles. The Kier molecular flexibility index (Phi) is 5.17. The maximum absolute atomic E-state index is 13.7. The number of amides is 1. The van der Waals surface area contributed by atoms with Crippen molar-refractivity contribution in [3.05, 3.63) is 83.3 Å². The van der Waals surface area contributed by atoms with Gasteiger partial charge in [-0.1, -0.05) is 24.3 Å². The van der Waals surface area contributed by atoms with Crippen molar-refractivity contribution in [3.63, 3.8) is 0 Å². The van der Waals surface area contributed by atoms with Crippen molar-refractivity contribution in [2.75, 3.05) is 10.6 Å². The van der Waals surface area contributed by atoms with E-state index in [2.05, 4.69) is 20.6 Å². The minimum atomic E-state index is -0.537. The number of hydrogen-bond acceptors (Lipinski definition) is 4. The average molecular weight is 354 g/mol. The Bertz CT molecular complexity index is 929. The maximum Gasteiger partial charge on any atom is 0.274 e. The zero-order chi connectivity index (χ0) is 18.5. The van der Waals surface area contributed by atoms with E-state index < -0.39 is 11.7 Å². The van der Waals surface area contributed by atoms with Crippen LogP contribution in [0.2, 0.25) is 0 Å². The molecule has 2 aromatic carbocycles. The summed E-state index contributed by atoms with van der Waals surface area (Å²) in [5, 5.41) is 5.55. The number of rotatable bonds is 5. The fourth-order valence-corrected chi connectivity index (χ4v) is 2.32. The van der Waals surface area contributed by atoms with Gasteiger partial charge in [-0.25, -0.2) is 18.7 Å². The van der Waals surface area contributed by atoms with Gasteiger partial charge in [0, 0.05) is 12.6 Å². The first-order chi connectivity index (χ1) is 12.5. The zero-order valence-corrected chi connectivity index (χ0v) is 14.0. The van der Waals surface area contributed by atoms with Crippen molar-refractivity contribution in [1.82, 2.24) is 9.97 Å². The van der Waals surface area contributed by atoms with Crippen LogP contribution in [0, 0.1) is 18.6 Å². The SMILES string of the molecule is Cc1nc(NCc2ccc(F)cc2)cc(C(=O)Nc2ccccc2F)n1. The Morgan fingerprint density at radius 1 is 1.04 bits per heavy atom. The van der Waals surface area contributed by atoms with E-state index in [-0.39, 0.29) is 17.2 Å². The largest absolute Gasteiger partial charge is 0.366 e. The van der Waals surface area contributed by atoms with E-state index in [1.54, 1.807) is 25.1 Å². The summed E-state index contributed by atoms with van der Waals surface area (Å²) in [6, 6.07) is 13.4. The first kappa shape index (κ1) is 17.5. The summed E-state index contributed by atoms with van der Waals surface area (Å²) < 4.78 is 26.6. The number of carbonyl (C=O) groups excluding carboxylic acids is 1. The number of nitrogens with zero attached hydrogens (tertiary/aromatic N) is 2. The summed E-state index contributed by atoms with van der Waals surface area (Å²) in [7, 11) is 0. The molecule has 0 fully saturated rings. The monoisotopic (exact) mass is 354 g/mol. The van der Waals surface area contributed by atoms with E-state index in [1.165, 1.54) is 36.4 Å². The lowest BCUT2D eigenvalue weighted by molar-refractivity contribution is 0.102. The van der Waals surface area contributed by atoms with Gasteiger partial charge in [-0.15, -0.1) is 0 Å². The molecule has 0 spiro atoms.